The molecule has 0 bridgehead atoms. The van der Waals surface area contributed by atoms with E-state index in [0.29, 0.717) is 30.5 Å². The first-order valence-corrected chi connectivity index (χ1v) is 9.01. The van der Waals surface area contributed by atoms with Crippen molar-refractivity contribution in [2.75, 3.05) is 13.1 Å². The Kier molecular flexibility index (Phi) is 5.05. The zero-order valence-corrected chi connectivity index (χ0v) is 14.4. The molecular formula is C16H22N4O2S. The molecule has 1 fully saturated rings. The number of hydrogen-bond donors (Lipinski definition) is 0. The normalized spacial score (nSPS) is 18.6. The SMILES string of the molecule is CC(C)c1nnc(CCC(=O)N2CCC[C@H](c3nccs3)C2)o1. The van der Waals surface area contributed by atoms with Crippen LogP contribution in [0.4, 0.5) is 0 Å². The lowest BCUT2D eigenvalue weighted by Crippen LogP contribution is -2.39. The molecule has 0 spiro atoms. The highest BCUT2D eigenvalue weighted by molar-refractivity contribution is 7.09. The molecule has 0 N–H and O–H groups in total. The van der Waals surface area contributed by atoms with Gasteiger partial charge in [-0.2, -0.15) is 0 Å². The lowest BCUT2D eigenvalue weighted by molar-refractivity contribution is -0.132. The van der Waals surface area contributed by atoms with E-state index < -0.39 is 0 Å². The molecule has 7 heteroatoms. The smallest absolute Gasteiger partial charge is 0.223 e. The van der Waals surface area contributed by atoms with Crippen molar-refractivity contribution in [2.24, 2.45) is 0 Å². The summed E-state index contributed by atoms with van der Waals surface area (Å²) in [6.07, 6.45) is 4.91. The zero-order chi connectivity index (χ0) is 16.2. The number of aromatic nitrogens is 3. The number of carbonyl (C=O) groups excluding carboxylic acids is 1. The molecule has 1 atom stereocenters. The van der Waals surface area contributed by atoms with Gasteiger partial charge in [-0.1, -0.05) is 13.8 Å². The molecule has 6 nitrogen and oxygen atoms in total. The number of amides is 1. The molecule has 0 radical (unpaired) electrons. The van der Waals surface area contributed by atoms with Gasteiger partial charge in [0, 0.05) is 49.3 Å². The van der Waals surface area contributed by atoms with Crippen LogP contribution in [0.15, 0.2) is 16.0 Å². The maximum Gasteiger partial charge on any atom is 0.223 e. The van der Waals surface area contributed by atoms with Crippen LogP contribution in [0.1, 0.15) is 61.7 Å². The second-order valence-electron chi connectivity index (χ2n) is 6.24. The topological polar surface area (TPSA) is 72.1 Å². The lowest BCUT2D eigenvalue weighted by Gasteiger charge is -2.31. The quantitative estimate of drug-likeness (QED) is 0.840. The van der Waals surface area contributed by atoms with Crippen LogP contribution < -0.4 is 0 Å². The Morgan fingerprint density at radius 3 is 3.04 bits per heavy atom. The number of piperidine rings is 1. The van der Waals surface area contributed by atoms with Crippen molar-refractivity contribution >= 4 is 17.2 Å². The van der Waals surface area contributed by atoms with Crippen LogP contribution in [0.25, 0.3) is 0 Å². The fourth-order valence-electron chi connectivity index (χ4n) is 2.81. The summed E-state index contributed by atoms with van der Waals surface area (Å²) in [6, 6.07) is 0. The minimum Gasteiger partial charge on any atom is -0.425 e. The van der Waals surface area contributed by atoms with E-state index in [1.165, 1.54) is 0 Å². The number of likely N-dealkylation sites (tertiary alicyclic amines) is 1. The molecular weight excluding hydrogens is 312 g/mol. The first kappa shape index (κ1) is 16.1. The van der Waals surface area contributed by atoms with E-state index in [-0.39, 0.29) is 11.8 Å². The van der Waals surface area contributed by atoms with Gasteiger partial charge < -0.3 is 9.32 Å². The number of aryl methyl sites for hydroxylation is 1. The minimum absolute atomic E-state index is 0.163. The van der Waals surface area contributed by atoms with Crippen molar-refractivity contribution in [2.45, 2.75) is 51.4 Å². The van der Waals surface area contributed by atoms with Gasteiger partial charge in [-0.25, -0.2) is 4.98 Å². The van der Waals surface area contributed by atoms with Crippen LogP contribution in [0, 0.1) is 0 Å². The third-order valence-corrected chi connectivity index (χ3v) is 5.04. The van der Waals surface area contributed by atoms with E-state index in [0.717, 1.165) is 30.9 Å². The highest BCUT2D eigenvalue weighted by Gasteiger charge is 2.26. The van der Waals surface area contributed by atoms with Gasteiger partial charge in [0.05, 0.1) is 5.01 Å². The Morgan fingerprint density at radius 2 is 2.35 bits per heavy atom. The van der Waals surface area contributed by atoms with E-state index in [9.17, 15) is 4.79 Å². The largest absolute Gasteiger partial charge is 0.425 e. The summed E-state index contributed by atoms with van der Waals surface area (Å²) in [6.45, 7) is 5.62. The Balaban J connectivity index is 1.53. The highest BCUT2D eigenvalue weighted by atomic mass is 32.1. The summed E-state index contributed by atoms with van der Waals surface area (Å²) in [5, 5.41) is 11.2. The fraction of sp³-hybridized carbons (Fsp3) is 0.625. The molecule has 1 amide bonds. The van der Waals surface area contributed by atoms with E-state index in [4.69, 9.17) is 4.42 Å². The average Bonchev–Trinajstić information content (AvgIpc) is 3.24. The predicted molar refractivity (Wildman–Crippen MR) is 87.4 cm³/mol. The molecule has 124 valence electrons. The van der Waals surface area contributed by atoms with E-state index in [1.807, 2.05) is 30.3 Å². The van der Waals surface area contributed by atoms with Crippen molar-refractivity contribution in [3.63, 3.8) is 0 Å². The van der Waals surface area contributed by atoms with Crippen LogP contribution in [0.5, 0.6) is 0 Å². The average molecular weight is 334 g/mol. The van der Waals surface area contributed by atoms with Gasteiger partial charge in [-0.15, -0.1) is 21.5 Å². The minimum atomic E-state index is 0.163. The van der Waals surface area contributed by atoms with E-state index in [1.54, 1.807) is 11.3 Å². The van der Waals surface area contributed by atoms with Crippen LogP contribution in [-0.4, -0.2) is 39.1 Å². The molecule has 3 rings (SSSR count). The lowest BCUT2D eigenvalue weighted by atomic mass is 9.98. The summed E-state index contributed by atoms with van der Waals surface area (Å²) < 4.78 is 5.56. The molecule has 0 saturated carbocycles. The van der Waals surface area contributed by atoms with Gasteiger partial charge in [-0.05, 0) is 12.8 Å². The number of carbonyl (C=O) groups is 1. The van der Waals surface area contributed by atoms with Crippen molar-refractivity contribution in [1.82, 2.24) is 20.1 Å². The van der Waals surface area contributed by atoms with Crippen molar-refractivity contribution < 1.29 is 9.21 Å². The zero-order valence-electron chi connectivity index (χ0n) is 13.6. The van der Waals surface area contributed by atoms with Gasteiger partial charge in [0.1, 0.15) is 0 Å². The third kappa shape index (κ3) is 3.96. The molecule has 3 heterocycles. The Hall–Kier alpha value is -1.76. The van der Waals surface area contributed by atoms with Crippen LogP contribution in [0.2, 0.25) is 0 Å². The van der Waals surface area contributed by atoms with Crippen LogP contribution in [0.3, 0.4) is 0 Å². The predicted octanol–water partition coefficient (Wildman–Crippen LogP) is 2.99. The number of thiazole rings is 1. The number of hydrogen-bond acceptors (Lipinski definition) is 6. The molecule has 1 saturated heterocycles. The molecule has 0 unspecified atom stereocenters. The second-order valence-corrected chi connectivity index (χ2v) is 7.16. The molecule has 2 aromatic heterocycles. The summed E-state index contributed by atoms with van der Waals surface area (Å²) >= 11 is 1.68. The van der Waals surface area contributed by atoms with Crippen molar-refractivity contribution in [3.05, 3.63) is 28.4 Å². The summed E-state index contributed by atoms with van der Waals surface area (Å²) in [4.78, 5) is 18.8. The standard InChI is InChI=1S/C16H22N4O2S/c1-11(2)15-19-18-13(22-15)5-6-14(21)20-8-3-4-12(10-20)16-17-7-9-23-16/h7,9,11-12H,3-6,8,10H2,1-2H3/t12-/m0/s1. The first-order chi connectivity index (χ1) is 11.1. The third-order valence-electron chi connectivity index (χ3n) is 4.10. The monoisotopic (exact) mass is 334 g/mol. The van der Waals surface area contributed by atoms with Gasteiger partial charge in [0.15, 0.2) is 0 Å². The second kappa shape index (κ2) is 7.21. The van der Waals surface area contributed by atoms with Gasteiger partial charge >= 0.3 is 0 Å². The summed E-state index contributed by atoms with van der Waals surface area (Å²) in [5.41, 5.74) is 0. The fourth-order valence-corrected chi connectivity index (χ4v) is 3.58. The molecule has 0 aromatic carbocycles. The summed E-state index contributed by atoms with van der Waals surface area (Å²) in [7, 11) is 0. The van der Waals surface area contributed by atoms with E-state index in [2.05, 4.69) is 15.2 Å². The molecule has 0 aliphatic carbocycles. The summed E-state index contributed by atoms with van der Waals surface area (Å²) in [5.74, 6) is 1.94. The Bertz CT molecular complexity index is 638. The van der Waals surface area contributed by atoms with Gasteiger partial charge in [0.2, 0.25) is 17.7 Å². The number of rotatable bonds is 5. The first-order valence-electron chi connectivity index (χ1n) is 8.13. The van der Waals surface area contributed by atoms with Gasteiger partial charge in [0.25, 0.3) is 0 Å². The van der Waals surface area contributed by atoms with Crippen LogP contribution in [-0.2, 0) is 11.2 Å². The molecule has 2 aromatic rings. The van der Waals surface area contributed by atoms with Crippen molar-refractivity contribution in [3.8, 4) is 0 Å². The Labute approximate surface area is 139 Å². The van der Waals surface area contributed by atoms with Crippen LogP contribution >= 0.6 is 11.3 Å². The van der Waals surface area contributed by atoms with Gasteiger partial charge in [-0.3, -0.25) is 4.79 Å². The number of nitrogens with zero attached hydrogens (tertiary/aromatic N) is 4. The molecule has 23 heavy (non-hydrogen) atoms. The van der Waals surface area contributed by atoms with E-state index >= 15 is 0 Å². The maximum atomic E-state index is 12.4. The molecule has 1 aliphatic rings. The Morgan fingerprint density at radius 1 is 1.48 bits per heavy atom. The maximum absolute atomic E-state index is 12.4. The molecule has 1 aliphatic heterocycles. The van der Waals surface area contributed by atoms with Crippen molar-refractivity contribution in [1.29, 1.82) is 0 Å². The highest BCUT2D eigenvalue weighted by Crippen LogP contribution is 2.28.